The van der Waals surface area contributed by atoms with Crippen molar-refractivity contribution in [3.05, 3.63) is 41.5 Å². The fourth-order valence-corrected chi connectivity index (χ4v) is 3.04. The lowest BCUT2D eigenvalue weighted by molar-refractivity contribution is 0.00616. The highest BCUT2D eigenvalue weighted by Crippen LogP contribution is 2.21. The molecule has 25 heavy (non-hydrogen) atoms. The fraction of sp³-hybridized carbons (Fsp3) is 0.500. The number of nitrogens with zero attached hydrogens (tertiary/aromatic N) is 2. The van der Waals surface area contributed by atoms with Crippen molar-refractivity contribution in [1.29, 1.82) is 0 Å². The summed E-state index contributed by atoms with van der Waals surface area (Å²) < 4.78 is 5.43. The van der Waals surface area contributed by atoms with E-state index in [4.69, 9.17) is 4.74 Å². The zero-order valence-electron chi connectivity index (χ0n) is 15.8. The van der Waals surface area contributed by atoms with Crippen LogP contribution < -0.4 is 0 Å². The SMILES string of the molecule is C=Cc1c(C)cccc1C(=O)N1CCN(C(=O)OC(C)(C)C)CC1C. The molecule has 1 atom stereocenters. The maximum atomic E-state index is 13.0. The Bertz CT molecular complexity index is 676. The second-order valence-electron chi connectivity index (χ2n) is 7.51. The highest BCUT2D eigenvalue weighted by Gasteiger charge is 2.32. The summed E-state index contributed by atoms with van der Waals surface area (Å²) in [5.41, 5.74) is 2.04. The molecule has 5 nitrogen and oxygen atoms in total. The molecule has 0 radical (unpaired) electrons. The molecule has 0 spiro atoms. The van der Waals surface area contributed by atoms with Gasteiger partial charge in [0.2, 0.25) is 0 Å². The highest BCUT2D eigenvalue weighted by molar-refractivity contribution is 5.98. The molecule has 1 fully saturated rings. The molecule has 1 aromatic carbocycles. The number of hydrogen-bond acceptors (Lipinski definition) is 3. The third-order valence-electron chi connectivity index (χ3n) is 4.30. The average Bonchev–Trinajstić information content (AvgIpc) is 2.52. The van der Waals surface area contributed by atoms with Crippen molar-refractivity contribution >= 4 is 18.1 Å². The third kappa shape index (κ3) is 4.41. The van der Waals surface area contributed by atoms with Crippen molar-refractivity contribution in [3.8, 4) is 0 Å². The molecule has 2 amide bonds. The average molecular weight is 344 g/mol. The molecule has 2 rings (SSSR count). The minimum Gasteiger partial charge on any atom is -0.444 e. The molecule has 5 heteroatoms. The second-order valence-corrected chi connectivity index (χ2v) is 7.51. The van der Waals surface area contributed by atoms with Gasteiger partial charge in [-0.3, -0.25) is 4.79 Å². The first-order chi connectivity index (χ1) is 11.6. The van der Waals surface area contributed by atoms with Gasteiger partial charge in [0.25, 0.3) is 5.91 Å². The monoisotopic (exact) mass is 344 g/mol. The van der Waals surface area contributed by atoms with Gasteiger partial charge in [-0.05, 0) is 51.8 Å². The van der Waals surface area contributed by atoms with Gasteiger partial charge in [-0.2, -0.15) is 0 Å². The van der Waals surface area contributed by atoms with Crippen LogP contribution >= 0.6 is 0 Å². The summed E-state index contributed by atoms with van der Waals surface area (Å²) in [6.07, 6.45) is 1.40. The van der Waals surface area contributed by atoms with Gasteiger partial charge in [0, 0.05) is 31.2 Å². The molecular formula is C20H28N2O3. The maximum absolute atomic E-state index is 13.0. The predicted octanol–water partition coefficient (Wildman–Crippen LogP) is 3.72. The van der Waals surface area contributed by atoms with Gasteiger partial charge >= 0.3 is 6.09 Å². The highest BCUT2D eigenvalue weighted by atomic mass is 16.6. The molecule has 1 unspecified atom stereocenters. The van der Waals surface area contributed by atoms with Gasteiger partial charge in [-0.1, -0.05) is 24.8 Å². The van der Waals surface area contributed by atoms with Crippen molar-refractivity contribution in [2.24, 2.45) is 0 Å². The summed E-state index contributed by atoms with van der Waals surface area (Å²) in [6.45, 7) is 14.7. The van der Waals surface area contributed by atoms with Crippen molar-refractivity contribution in [2.75, 3.05) is 19.6 Å². The number of piperazine rings is 1. The zero-order chi connectivity index (χ0) is 18.8. The molecule has 0 bridgehead atoms. The lowest BCUT2D eigenvalue weighted by Gasteiger charge is -2.40. The van der Waals surface area contributed by atoms with Gasteiger partial charge in [0.15, 0.2) is 0 Å². The van der Waals surface area contributed by atoms with Crippen molar-refractivity contribution in [2.45, 2.75) is 46.3 Å². The van der Waals surface area contributed by atoms with Crippen LogP contribution in [-0.4, -0.2) is 53.1 Å². The minimum atomic E-state index is -0.520. The number of aryl methyl sites for hydroxylation is 1. The summed E-state index contributed by atoms with van der Waals surface area (Å²) in [7, 11) is 0. The van der Waals surface area contributed by atoms with Crippen LogP contribution in [0.15, 0.2) is 24.8 Å². The van der Waals surface area contributed by atoms with E-state index in [1.165, 1.54) is 0 Å². The lowest BCUT2D eigenvalue weighted by atomic mass is 10.00. The first-order valence-corrected chi connectivity index (χ1v) is 8.65. The van der Waals surface area contributed by atoms with E-state index in [1.54, 1.807) is 11.0 Å². The van der Waals surface area contributed by atoms with Crippen LogP contribution in [0.3, 0.4) is 0 Å². The Morgan fingerprint density at radius 3 is 2.52 bits per heavy atom. The lowest BCUT2D eigenvalue weighted by Crippen LogP contribution is -2.56. The van der Waals surface area contributed by atoms with Crippen LogP contribution in [0.2, 0.25) is 0 Å². The molecule has 0 aromatic heterocycles. The summed E-state index contributed by atoms with van der Waals surface area (Å²) >= 11 is 0. The Morgan fingerprint density at radius 2 is 1.96 bits per heavy atom. The van der Waals surface area contributed by atoms with Crippen LogP contribution in [0.5, 0.6) is 0 Å². The second kappa shape index (κ2) is 7.30. The van der Waals surface area contributed by atoms with E-state index in [0.29, 0.717) is 25.2 Å². The largest absolute Gasteiger partial charge is 0.444 e. The van der Waals surface area contributed by atoms with E-state index in [-0.39, 0.29) is 18.0 Å². The van der Waals surface area contributed by atoms with Crippen LogP contribution in [0.25, 0.3) is 6.08 Å². The molecule has 0 saturated carbocycles. The molecule has 1 aromatic rings. The standard InChI is InChI=1S/C20H28N2O3/c1-7-16-14(2)9-8-10-17(16)18(23)22-12-11-21(13-15(22)3)19(24)25-20(4,5)6/h7-10,15H,1,11-13H2,2-6H3. The molecular weight excluding hydrogens is 316 g/mol. The molecule has 136 valence electrons. The predicted molar refractivity (Wildman–Crippen MR) is 99.6 cm³/mol. The minimum absolute atomic E-state index is 0.0186. The third-order valence-corrected chi connectivity index (χ3v) is 4.30. The molecule has 1 aliphatic rings. The normalized spacial score (nSPS) is 18.0. The number of benzene rings is 1. The molecule has 1 heterocycles. The number of carbonyl (C=O) groups is 2. The van der Waals surface area contributed by atoms with Gasteiger partial charge in [-0.25, -0.2) is 4.79 Å². The Kier molecular flexibility index (Phi) is 5.55. The molecule has 0 N–H and O–H groups in total. The Hall–Kier alpha value is -2.30. The van der Waals surface area contributed by atoms with E-state index in [1.807, 2.05) is 57.7 Å². The van der Waals surface area contributed by atoms with Crippen LogP contribution in [-0.2, 0) is 4.74 Å². The van der Waals surface area contributed by atoms with E-state index < -0.39 is 5.60 Å². The topological polar surface area (TPSA) is 49.9 Å². The van der Waals surface area contributed by atoms with Crippen LogP contribution in [0, 0.1) is 6.92 Å². The van der Waals surface area contributed by atoms with Gasteiger partial charge in [-0.15, -0.1) is 0 Å². The smallest absolute Gasteiger partial charge is 0.410 e. The summed E-state index contributed by atoms with van der Waals surface area (Å²) in [6, 6.07) is 5.61. The Morgan fingerprint density at radius 1 is 1.28 bits per heavy atom. The first-order valence-electron chi connectivity index (χ1n) is 8.65. The van der Waals surface area contributed by atoms with Crippen molar-refractivity contribution < 1.29 is 14.3 Å². The van der Waals surface area contributed by atoms with E-state index >= 15 is 0 Å². The Labute approximate surface area is 150 Å². The van der Waals surface area contributed by atoms with Crippen LogP contribution in [0.1, 0.15) is 49.2 Å². The van der Waals surface area contributed by atoms with Gasteiger partial charge in [0.05, 0.1) is 0 Å². The quantitative estimate of drug-likeness (QED) is 0.821. The number of ether oxygens (including phenoxy) is 1. The van der Waals surface area contributed by atoms with Gasteiger partial charge < -0.3 is 14.5 Å². The first kappa shape index (κ1) is 19.0. The number of amides is 2. The van der Waals surface area contributed by atoms with E-state index in [9.17, 15) is 9.59 Å². The zero-order valence-corrected chi connectivity index (χ0v) is 15.8. The van der Waals surface area contributed by atoms with E-state index in [2.05, 4.69) is 6.58 Å². The van der Waals surface area contributed by atoms with E-state index in [0.717, 1.165) is 11.1 Å². The summed E-state index contributed by atoms with van der Waals surface area (Å²) in [5.74, 6) is -0.0186. The van der Waals surface area contributed by atoms with Crippen molar-refractivity contribution in [1.82, 2.24) is 9.80 Å². The molecule has 1 aliphatic heterocycles. The van der Waals surface area contributed by atoms with Crippen LogP contribution in [0.4, 0.5) is 4.79 Å². The Balaban J connectivity index is 2.11. The summed E-state index contributed by atoms with van der Waals surface area (Å²) in [4.78, 5) is 28.7. The molecule has 1 saturated heterocycles. The number of rotatable bonds is 2. The number of hydrogen-bond donors (Lipinski definition) is 0. The van der Waals surface area contributed by atoms with Crippen molar-refractivity contribution in [3.63, 3.8) is 0 Å². The summed E-state index contributed by atoms with van der Waals surface area (Å²) in [5, 5.41) is 0. The fourth-order valence-electron chi connectivity index (χ4n) is 3.04. The van der Waals surface area contributed by atoms with Gasteiger partial charge in [0.1, 0.15) is 5.60 Å². The molecule has 0 aliphatic carbocycles. The number of carbonyl (C=O) groups excluding carboxylic acids is 2. The maximum Gasteiger partial charge on any atom is 0.410 e.